The largest absolute Gasteiger partial charge is 0.312 e. The molecule has 2 heterocycles. The summed E-state index contributed by atoms with van der Waals surface area (Å²) in [7, 11) is 0. The predicted octanol–water partition coefficient (Wildman–Crippen LogP) is 2.51. The highest BCUT2D eigenvalue weighted by Crippen LogP contribution is 2.20. The van der Waals surface area contributed by atoms with Crippen LogP contribution in [0.4, 0.5) is 0 Å². The number of carbonyl (C=O) groups is 1. The van der Waals surface area contributed by atoms with Crippen LogP contribution >= 0.6 is 11.8 Å². The zero-order valence-electron chi connectivity index (χ0n) is 10.6. The van der Waals surface area contributed by atoms with Gasteiger partial charge in [-0.15, -0.1) is 0 Å². The van der Waals surface area contributed by atoms with E-state index < -0.39 is 0 Å². The molecule has 3 rings (SSSR count). The fourth-order valence-corrected chi connectivity index (χ4v) is 3.37. The lowest BCUT2D eigenvalue weighted by molar-refractivity contribution is 0.0973. The van der Waals surface area contributed by atoms with Gasteiger partial charge in [-0.3, -0.25) is 9.78 Å². The van der Waals surface area contributed by atoms with Gasteiger partial charge in [-0.05, 0) is 5.39 Å². The zero-order chi connectivity index (χ0) is 13.1. The van der Waals surface area contributed by atoms with Crippen molar-refractivity contribution in [1.29, 1.82) is 0 Å². The first-order valence-corrected chi connectivity index (χ1v) is 7.67. The molecule has 1 aromatic carbocycles. The van der Waals surface area contributed by atoms with E-state index in [-0.39, 0.29) is 5.78 Å². The van der Waals surface area contributed by atoms with Gasteiger partial charge in [0.05, 0.1) is 0 Å². The maximum absolute atomic E-state index is 12.4. The van der Waals surface area contributed by atoms with Crippen LogP contribution in [0.15, 0.2) is 36.7 Å². The van der Waals surface area contributed by atoms with E-state index in [0.29, 0.717) is 12.5 Å². The van der Waals surface area contributed by atoms with Gasteiger partial charge in [0, 0.05) is 53.9 Å². The minimum Gasteiger partial charge on any atom is -0.312 e. The summed E-state index contributed by atoms with van der Waals surface area (Å²) in [4.78, 5) is 16.6. The molecule has 0 amide bonds. The van der Waals surface area contributed by atoms with Crippen molar-refractivity contribution in [3.8, 4) is 0 Å². The standard InChI is InChI=1S/C15H16N2OS/c18-15(7-12-10-19-6-5-17-12)14-9-16-8-11-3-1-2-4-13(11)14/h1-4,8-9,12,17H,5-7,10H2. The lowest BCUT2D eigenvalue weighted by Crippen LogP contribution is -2.38. The van der Waals surface area contributed by atoms with Crippen LogP contribution in [0.2, 0.25) is 0 Å². The van der Waals surface area contributed by atoms with Gasteiger partial charge in [0.15, 0.2) is 5.78 Å². The molecule has 98 valence electrons. The normalized spacial score (nSPS) is 19.5. The van der Waals surface area contributed by atoms with E-state index in [4.69, 9.17) is 0 Å². The number of benzene rings is 1. The molecule has 1 atom stereocenters. The van der Waals surface area contributed by atoms with E-state index in [1.165, 1.54) is 0 Å². The molecule has 0 bridgehead atoms. The molecule has 1 unspecified atom stereocenters. The Morgan fingerprint density at radius 2 is 2.26 bits per heavy atom. The summed E-state index contributed by atoms with van der Waals surface area (Å²) in [5.41, 5.74) is 0.746. The highest BCUT2D eigenvalue weighted by atomic mass is 32.2. The average Bonchev–Trinajstić information content (AvgIpc) is 2.47. The summed E-state index contributed by atoms with van der Waals surface area (Å²) in [5.74, 6) is 2.34. The van der Waals surface area contributed by atoms with Crippen molar-refractivity contribution in [2.75, 3.05) is 18.1 Å². The van der Waals surface area contributed by atoms with Crippen molar-refractivity contribution in [1.82, 2.24) is 10.3 Å². The first-order chi connectivity index (χ1) is 9.34. The number of fused-ring (bicyclic) bond motifs is 1. The minimum atomic E-state index is 0.185. The SMILES string of the molecule is O=C(CC1CSCCN1)c1cncc2ccccc12. The second-order valence-electron chi connectivity index (χ2n) is 4.76. The maximum Gasteiger partial charge on any atom is 0.166 e. The molecule has 4 heteroatoms. The summed E-state index contributed by atoms with van der Waals surface area (Å²) >= 11 is 1.91. The van der Waals surface area contributed by atoms with Gasteiger partial charge in [-0.1, -0.05) is 24.3 Å². The summed E-state index contributed by atoms with van der Waals surface area (Å²) in [6.45, 7) is 0.996. The predicted molar refractivity (Wildman–Crippen MR) is 79.8 cm³/mol. The third-order valence-electron chi connectivity index (χ3n) is 3.40. The van der Waals surface area contributed by atoms with Gasteiger partial charge >= 0.3 is 0 Å². The first-order valence-electron chi connectivity index (χ1n) is 6.51. The van der Waals surface area contributed by atoms with Crippen LogP contribution in [0.3, 0.4) is 0 Å². The third kappa shape index (κ3) is 2.80. The molecule has 1 N–H and O–H groups in total. The Morgan fingerprint density at radius 1 is 1.37 bits per heavy atom. The Balaban J connectivity index is 1.85. The molecule has 0 spiro atoms. The van der Waals surface area contributed by atoms with Crippen molar-refractivity contribution in [3.63, 3.8) is 0 Å². The second-order valence-corrected chi connectivity index (χ2v) is 5.91. The van der Waals surface area contributed by atoms with Gasteiger partial charge in [-0.25, -0.2) is 0 Å². The number of nitrogens with zero attached hydrogens (tertiary/aromatic N) is 1. The van der Waals surface area contributed by atoms with E-state index >= 15 is 0 Å². The van der Waals surface area contributed by atoms with Crippen LogP contribution < -0.4 is 5.32 Å². The highest BCUT2D eigenvalue weighted by molar-refractivity contribution is 7.99. The lowest BCUT2D eigenvalue weighted by Gasteiger charge is -2.22. The average molecular weight is 272 g/mol. The van der Waals surface area contributed by atoms with Gasteiger partial charge < -0.3 is 5.32 Å². The molecule has 1 fully saturated rings. The monoisotopic (exact) mass is 272 g/mol. The van der Waals surface area contributed by atoms with E-state index in [0.717, 1.165) is 34.4 Å². The fraction of sp³-hybridized carbons (Fsp3) is 0.333. The van der Waals surface area contributed by atoms with E-state index in [1.807, 2.05) is 36.0 Å². The summed E-state index contributed by atoms with van der Waals surface area (Å²) in [6.07, 6.45) is 4.06. The van der Waals surface area contributed by atoms with Crippen molar-refractivity contribution in [3.05, 3.63) is 42.2 Å². The number of carbonyl (C=O) groups excluding carboxylic acids is 1. The number of rotatable bonds is 3. The molecule has 0 saturated carbocycles. The van der Waals surface area contributed by atoms with Crippen molar-refractivity contribution >= 4 is 28.3 Å². The van der Waals surface area contributed by atoms with E-state index in [9.17, 15) is 4.79 Å². The Hall–Kier alpha value is -1.39. The Bertz CT molecular complexity index is 588. The minimum absolute atomic E-state index is 0.185. The molecule has 1 aliphatic rings. The molecular weight excluding hydrogens is 256 g/mol. The highest BCUT2D eigenvalue weighted by Gasteiger charge is 2.19. The van der Waals surface area contributed by atoms with Gasteiger partial charge in [0.1, 0.15) is 0 Å². The van der Waals surface area contributed by atoms with Crippen LogP contribution in [0, 0.1) is 0 Å². The summed E-state index contributed by atoms with van der Waals surface area (Å²) < 4.78 is 0. The van der Waals surface area contributed by atoms with Gasteiger partial charge in [0.2, 0.25) is 0 Å². The number of pyridine rings is 1. The quantitative estimate of drug-likeness (QED) is 0.872. The van der Waals surface area contributed by atoms with Crippen molar-refractivity contribution in [2.45, 2.75) is 12.5 Å². The molecule has 1 saturated heterocycles. The Morgan fingerprint density at radius 3 is 3.11 bits per heavy atom. The van der Waals surface area contributed by atoms with Gasteiger partial charge in [-0.2, -0.15) is 11.8 Å². The fourth-order valence-electron chi connectivity index (χ4n) is 2.42. The van der Waals surface area contributed by atoms with Crippen LogP contribution in [-0.2, 0) is 0 Å². The molecule has 0 aliphatic carbocycles. The maximum atomic E-state index is 12.4. The molecular formula is C15H16N2OS. The molecule has 3 nitrogen and oxygen atoms in total. The molecule has 19 heavy (non-hydrogen) atoms. The molecule has 0 radical (unpaired) electrons. The third-order valence-corrected chi connectivity index (χ3v) is 4.53. The second kappa shape index (κ2) is 5.72. The van der Waals surface area contributed by atoms with Crippen molar-refractivity contribution in [2.24, 2.45) is 0 Å². The number of hydrogen-bond donors (Lipinski definition) is 1. The Labute approximate surface area is 116 Å². The topological polar surface area (TPSA) is 42.0 Å². The van der Waals surface area contributed by atoms with Gasteiger partial charge in [0.25, 0.3) is 0 Å². The van der Waals surface area contributed by atoms with Crippen LogP contribution in [0.1, 0.15) is 16.8 Å². The first kappa shape index (κ1) is 12.6. The summed E-state index contributed by atoms with van der Waals surface area (Å²) in [6, 6.07) is 8.22. The smallest absolute Gasteiger partial charge is 0.166 e. The molecule has 1 aromatic heterocycles. The number of aromatic nitrogens is 1. The zero-order valence-corrected chi connectivity index (χ0v) is 11.5. The number of hydrogen-bond acceptors (Lipinski definition) is 4. The van der Waals surface area contributed by atoms with E-state index in [1.54, 1.807) is 12.4 Å². The number of thioether (sulfide) groups is 1. The van der Waals surface area contributed by atoms with Crippen LogP contribution in [0.5, 0.6) is 0 Å². The molecule has 2 aromatic rings. The number of Topliss-reactive ketones (excluding diaryl/α,β-unsaturated/α-hetero) is 1. The van der Waals surface area contributed by atoms with Crippen LogP contribution in [0.25, 0.3) is 10.8 Å². The lowest BCUT2D eigenvalue weighted by atomic mass is 10.0. The Kier molecular flexibility index (Phi) is 3.80. The van der Waals surface area contributed by atoms with E-state index in [2.05, 4.69) is 10.3 Å². The summed E-state index contributed by atoms with van der Waals surface area (Å²) in [5, 5.41) is 5.44. The van der Waals surface area contributed by atoms with Crippen LogP contribution in [-0.4, -0.2) is 34.9 Å². The number of ketones is 1. The van der Waals surface area contributed by atoms with Crippen molar-refractivity contribution < 1.29 is 4.79 Å². The molecule has 1 aliphatic heterocycles. The number of nitrogens with one attached hydrogen (secondary N) is 1.